The highest BCUT2D eigenvalue weighted by molar-refractivity contribution is 6.07. The molecular weight excluding hydrogens is 522 g/mol. The summed E-state index contributed by atoms with van der Waals surface area (Å²) < 4.78 is 13.0. The Kier molecular flexibility index (Phi) is 7.67. The van der Waals surface area contributed by atoms with Crippen molar-refractivity contribution in [1.82, 2.24) is 24.9 Å². The van der Waals surface area contributed by atoms with E-state index in [0.717, 1.165) is 5.56 Å². The zero-order valence-electron chi connectivity index (χ0n) is 25.1. The second-order valence-electron chi connectivity index (χ2n) is 12.6. The smallest absolute Gasteiger partial charge is 0.276 e. The second kappa shape index (κ2) is 10.6. The van der Waals surface area contributed by atoms with Crippen molar-refractivity contribution in [3.63, 3.8) is 0 Å². The molecule has 1 saturated heterocycles. The number of carbonyl (C=O) groups excluding carboxylic acids is 2. The number of aryl methyl sites for hydroxylation is 1. The van der Waals surface area contributed by atoms with Crippen LogP contribution < -0.4 is 10.1 Å². The fraction of sp³-hybridized carbons (Fsp3) is 0.467. The fourth-order valence-corrected chi connectivity index (χ4v) is 5.13. The van der Waals surface area contributed by atoms with Crippen LogP contribution in [0.3, 0.4) is 0 Å². The van der Waals surface area contributed by atoms with Crippen LogP contribution in [0.5, 0.6) is 5.75 Å². The number of aromatic nitrogens is 4. The van der Waals surface area contributed by atoms with Crippen molar-refractivity contribution in [2.45, 2.75) is 72.0 Å². The van der Waals surface area contributed by atoms with Crippen molar-refractivity contribution >= 4 is 17.5 Å². The summed E-state index contributed by atoms with van der Waals surface area (Å²) in [5, 5.41) is 20.9. The largest absolute Gasteiger partial charge is 0.495 e. The topological polar surface area (TPSA) is 135 Å². The molecule has 0 radical (unpaired) electrons. The summed E-state index contributed by atoms with van der Waals surface area (Å²) >= 11 is 0. The normalized spacial score (nSPS) is 16.1. The van der Waals surface area contributed by atoms with Gasteiger partial charge in [0.1, 0.15) is 11.8 Å². The van der Waals surface area contributed by atoms with E-state index in [4.69, 9.17) is 9.47 Å². The standard InChI is InChI=1S/C30H37N7O4/c1-18-24(37-15-23(34-35-37)27(39)36-16-29(5,6)41-30(7,8)17-36)12-21(14-32-18)33-26(38)22-11-20(28(2,3)4)10-19(13-31)25(22)40-9/h10-12,14-15H,16-17H2,1-9H3,(H,33,38). The number of ether oxygens (including phenoxy) is 2. The zero-order valence-corrected chi connectivity index (χ0v) is 25.1. The van der Waals surface area contributed by atoms with Gasteiger partial charge in [-0.3, -0.25) is 14.6 Å². The first-order valence-corrected chi connectivity index (χ1v) is 13.4. The Hall–Kier alpha value is -4.30. The van der Waals surface area contributed by atoms with Crippen LogP contribution in [0, 0.1) is 18.3 Å². The lowest BCUT2D eigenvalue weighted by Gasteiger charge is -2.46. The predicted octanol–water partition coefficient (Wildman–Crippen LogP) is 4.43. The highest BCUT2D eigenvalue weighted by Gasteiger charge is 2.40. The number of nitrogens with zero attached hydrogens (tertiary/aromatic N) is 6. The quantitative estimate of drug-likeness (QED) is 0.485. The van der Waals surface area contributed by atoms with Crippen molar-refractivity contribution in [1.29, 1.82) is 5.26 Å². The van der Waals surface area contributed by atoms with E-state index in [0.29, 0.717) is 30.2 Å². The van der Waals surface area contributed by atoms with Gasteiger partial charge in [-0.1, -0.05) is 26.0 Å². The van der Waals surface area contributed by atoms with Crippen LogP contribution in [-0.2, 0) is 10.2 Å². The van der Waals surface area contributed by atoms with E-state index in [9.17, 15) is 14.9 Å². The molecule has 41 heavy (non-hydrogen) atoms. The number of hydrogen-bond donors (Lipinski definition) is 1. The maximum absolute atomic E-state index is 13.4. The van der Waals surface area contributed by atoms with Gasteiger partial charge in [0, 0.05) is 13.1 Å². The molecule has 2 amide bonds. The Labute approximate surface area is 240 Å². The van der Waals surface area contributed by atoms with Gasteiger partial charge < -0.3 is 19.7 Å². The maximum atomic E-state index is 13.4. The Bertz CT molecular complexity index is 1530. The van der Waals surface area contributed by atoms with Gasteiger partial charge in [0.25, 0.3) is 11.8 Å². The first-order valence-electron chi connectivity index (χ1n) is 13.4. The van der Waals surface area contributed by atoms with Gasteiger partial charge in [0.2, 0.25) is 0 Å². The van der Waals surface area contributed by atoms with E-state index >= 15 is 0 Å². The molecule has 4 rings (SSSR count). The molecule has 0 spiro atoms. The molecule has 0 unspecified atom stereocenters. The molecule has 0 bridgehead atoms. The van der Waals surface area contributed by atoms with E-state index in [1.807, 2.05) is 48.5 Å². The van der Waals surface area contributed by atoms with Gasteiger partial charge in [-0.05, 0) is 63.8 Å². The molecule has 1 fully saturated rings. The third-order valence-corrected chi connectivity index (χ3v) is 6.78. The summed E-state index contributed by atoms with van der Waals surface area (Å²) in [6.45, 7) is 16.5. The third-order valence-electron chi connectivity index (χ3n) is 6.78. The summed E-state index contributed by atoms with van der Waals surface area (Å²) in [7, 11) is 1.43. The van der Waals surface area contributed by atoms with Crippen molar-refractivity contribution in [2.75, 3.05) is 25.5 Å². The Balaban J connectivity index is 1.62. The van der Waals surface area contributed by atoms with Gasteiger partial charge >= 0.3 is 0 Å². The molecule has 2 aromatic heterocycles. The number of hydrogen-bond acceptors (Lipinski definition) is 8. The third kappa shape index (κ3) is 6.38. The van der Waals surface area contributed by atoms with Crippen LogP contribution >= 0.6 is 0 Å². The average molecular weight is 560 g/mol. The summed E-state index contributed by atoms with van der Waals surface area (Å²) in [5.41, 5.74) is 1.83. The van der Waals surface area contributed by atoms with Crippen LogP contribution in [-0.4, -0.2) is 68.1 Å². The van der Waals surface area contributed by atoms with E-state index in [-0.39, 0.29) is 33.9 Å². The minimum Gasteiger partial charge on any atom is -0.495 e. The summed E-state index contributed by atoms with van der Waals surface area (Å²) in [6.07, 6.45) is 3.09. The Morgan fingerprint density at radius 3 is 2.37 bits per heavy atom. The summed E-state index contributed by atoms with van der Waals surface area (Å²) in [5.74, 6) is -0.491. The number of anilines is 1. The number of benzene rings is 1. The minimum atomic E-state index is -0.496. The Morgan fingerprint density at radius 1 is 1.12 bits per heavy atom. The number of nitrogens with one attached hydrogen (secondary N) is 1. The molecule has 216 valence electrons. The van der Waals surface area contributed by atoms with Crippen LogP contribution in [0.2, 0.25) is 0 Å². The van der Waals surface area contributed by atoms with Gasteiger partial charge in [-0.25, -0.2) is 4.68 Å². The lowest BCUT2D eigenvalue weighted by atomic mass is 9.84. The second-order valence-corrected chi connectivity index (χ2v) is 12.6. The number of methoxy groups -OCH3 is 1. The summed E-state index contributed by atoms with van der Waals surface area (Å²) in [4.78, 5) is 32.9. The lowest BCUT2D eigenvalue weighted by molar-refractivity contribution is -0.171. The Morgan fingerprint density at radius 2 is 1.78 bits per heavy atom. The van der Waals surface area contributed by atoms with E-state index < -0.39 is 17.1 Å². The molecular formula is C30H37N7O4. The summed E-state index contributed by atoms with van der Waals surface area (Å²) in [6, 6.07) is 7.31. The van der Waals surface area contributed by atoms with E-state index in [1.54, 1.807) is 36.2 Å². The van der Waals surface area contributed by atoms with Crippen molar-refractivity contribution in [3.8, 4) is 17.5 Å². The number of rotatable bonds is 5. The lowest BCUT2D eigenvalue weighted by Crippen LogP contribution is -2.58. The van der Waals surface area contributed by atoms with Gasteiger partial charge in [-0.2, -0.15) is 5.26 Å². The molecule has 3 heterocycles. The van der Waals surface area contributed by atoms with Crippen LogP contribution in [0.15, 0.2) is 30.6 Å². The molecule has 1 N–H and O–H groups in total. The maximum Gasteiger partial charge on any atom is 0.276 e. The first-order chi connectivity index (χ1) is 19.0. The number of amides is 2. The molecule has 1 aliphatic rings. The van der Waals surface area contributed by atoms with E-state index in [2.05, 4.69) is 26.7 Å². The van der Waals surface area contributed by atoms with Gasteiger partial charge in [0.05, 0.1) is 58.9 Å². The average Bonchev–Trinajstić information content (AvgIpc) is 3.36. The SMILES string of the molecule is COc1c(C#N)cc(C(C)(C)C)cc1C(=O)Nc1cnc(C)c(-n2cc(C(=O)N3CC(C)(C)OC(C)(C)C3)nn2)c1. The van der Waals surface area contributed by atoms with Crippen molar-refractivity contribution in [2.24, 2.45) is 0 Å². The van der Waals surface area contributed by atoms with Crippen LogP contribution in [0.1, 0.15) is 86.1 Å². The molecule has 11 heteroatoms. The highest BCUT2D eigenvalue weighted by atomic mass is 16.5. The van der Waals surface area contributed by atoms with Crippen LogP contribution in [0.4, 0.5) is 5.69 Å². The molecule has 0 aliphatic carbocycles. The fourth-order valence-electron chi connectivity index (χ4n) is 5.13. The molecule has 1 aromatic carbocycles. The molecule has 1 aliphatic heterocycles. The van der Waals surface area contributed by atoms with Gasteiger partial charge in [0.15, 0.2) is 5.69 Å². The minimum absolute atomic E-state index is 0.195. The number of carbonyl (C=O) groups is 2. The van der Waals surface area contributed by atoms with Gasteiger partial charge in [-0.15, -0.1) is 5.10 Å². The van der Waals surface area contributed by atoms with Crippen molar-refractivity contribution in [3.05, 3.63) is 58.7 Å². The predicted molar refractivity (Wildman–Crippen MR) is 153 cm³/mol. The zero-order chi connectivity index (χ0) is 30.3. The van der Waals surface area contributed by atoms with E-state index in [1.165, 1.54) is 18.0 Å². The number of nitriles is 1. The number of pyridine rings is 1. The molecule has 3 aromatic rings. The van der Waals surface area contributed by atoms with Crippen molar-refractivity contribution < 1.29 is 19.1 Å². The first kappa shape index (κ1) is 29.7. The molecule has 0 saturated carbocycles. The molecule has 11 nitrogen and oxygen atoms in total. The molecule has 0 atom stereocenters. The number of morpholine rings is 1. The monoisotopic (exact) mass is 559 g/mol. The highest BCUT2D eigenvalue weighted by Crippen LogP contribution is 2.32. The van der Waals surface area contributed by atoms with Crippen LogP contribution in [0.25, 0.3) is 5.69 Å².